The Kier molecular flexibility index (Phi) is 4.36. The van der Waals surface area contributed by atoms with Crippen molar-refractivity contribution in [3.8, 4) is 17.6 Å². The van der Waals surface area contributed by atoms with E-state index in [1.165, 1.54) is 25.3 Å². The highest BCUT2D eigenvalue weighted by Gasteiger charge is 2.13. The summed E-state index contributed by atoms with van der Waals surface area (Å²) in [6.45, 7) is 0.126. The molecule has 0 aliphatic heterocycles. The highest BCUT2D eigenvalue weighted by Crippen LogP contribution is 2.31. The second-order valence-corrected chi connectivity index (χ2v) is 4.15. The first-order valence-electron chi connectivity index (χ1n) is 6.09. The molecule has 0 unspecified atom stereocenters. The number of benzene rings is 2. The molecule has 0 saturated heterocycles. The van der Waals surface area contributed by atoms with Crippen LogP contribution in [0.1, 0.15) is 11.1 Å². The molecule has 106 valence electrons. The van der Waals surface area contributed by atoms with E-state index in [0.29, 0.717) is 16.9 Å². The standard InChI is InChI=1S/C15H12N2O4/c1-20-14-7-6-13(17(18)19)8-15(14)21-10-12-5-3-2-4-11(12)9-16/h2-8H,10H2,1H3. The van der Waals surface area contributed by atoms with Gasteiger partial charge >= 0.3 is 0 Å². The van der Waals surface area contributed by atoms with Gasteiger partial charge in [0, 0.05) is 11.6 Å². The minimum atomic E-state index is -0.504. The van der Waals surface area contributed by atoms with E-state index in [2.05, 4.69) is 6.07 Å². The zero-order valence-electron chi connectivity index (χ0n) is 11.3. The lowest BCUT2D eigenvalue weighted by molar-refractivity contribution is -0.385. The molecule has 0 aromatic heterocycles. The second kappa shape index (κ2) is 6.39. The molecule has 6 heteroatoms. The summed E-state index contributed by atoms with van der Waals surface area (Å²) in [5.74, 6) is 0.662. The maximum absolute atomic E-state index is 10.8. The Balaban J connectivity index is 2.25. The second-order valence-electron chi connectivity index (χ2n) is 4.15. The van der Waals surface area contributed by atoms with Gasteiger partial charge in [-0.1, -0.05) is 18.2 Å². The zero-order chi connectivity index (χ0) is 15.2. The Bertz CT molecular complexity index is 707. The molecular formula is C15H12N2O4. The van der Waals surface area contributed by atoms with Gasteiger partial charge in [0.05, 0.1) is 29.7 Å². The van der Waals surface area contributed by atoms with Crippen molar-refractivity contribution in [2.45, 2.75) is 6.61 Å². The number of hydrogen-bond acceptors (Lipinski definition) is 5. The molecule has 0 radical (unpaired) electrons. The highest BCUT2D eigenvalue weighted by molar-refractivity contribution is 5.48. The fraction of sp³-hybridized carbons (Fsp3) is 0.133. The summed E-state index contributed by atoms with van der Waals surface area (Å²) in [6.07, 6.45) is 0. The van der Waals surface area contributed by atoms with Crippen LogP contribution in [0.15, 0.2) is 42.5 Å². The SMILES string of the molecule is COc1ccc([N+](=O)[O-])cc1OCc1ccccc1C#N. The lowest BCUT2D eigenvalue weighted by Crippen LogP contribution is -2.00. The number of ether oxygens (including phenoxy) is 2. The van der Waals surface area contributed by atoms with Crippen LogP contribution in [-0.4, -0.2) is 12.0 Å². The van der Waals surface area contributed by atoms with Crippen molar-refractivity contribution in [2.24, 2.45) is 0 Å². The van der Waals surface area contributed by atoms with E-state index < -0.39 is 4.92 Å². The molecule has 0 aliphatic rings. The molecule has 0 aliphatic carbocycles. The van der Waals surface area contributed by atoms with E-state index in [0.717, 1.165) is 0 Å². The summed E-state index contributed by atoms with van der Waals surface area (Å²) in [7, 11) is 1.46. The highest BCUT2D eigenvalue weighted by atomic mass is 16.6. The number of nitriles is 1. The van der Waals surface area contributed by atoms with Crippen LogP contribution in [-0.2, 0) is 6.61 Å². The predicted octanol–water partition coefficient (Wildman–Crippen LogP) is 3.05. The fourth-order valence-electron chi connectivity index (χ4n) is 1.80. The molecule has 2 aromatic rings. The van der Waals surface area contributed by atoms with Crippen LogP contribution in [0.5, 0.6) is 11.5 Å². The van der Waals surface area contributed by atoms with Crippen molar-refractivity contribution in [3.63, 3.8) is 0 Å². The summed E-state index contributed by atoms with van der Waals surface area (Å²) in [5, 5.41) is 19.8. The molecular weight excluding hydrogens is 272 g/mol. The van der Waals surface area contributed by atoms with Gasteiger partial charge < -0.3 is 9.47 Å². The van der Waals surface area contributed by atoms with Crippen molar-refractivity contribution in [1.82, 2.24) is 0 Å². The summed E-state index contributed by atoms with van der Waals surface area (Å²) in [4.78, 5) is 10.3. The monoisotopic (exact) mass is 284 g/mol. The number of hydrogen-bond donors (Lipinski definition) is 0. The van der Waals surface area contributed by atoms with Gasteiger partial charge in [-0.2, -0.15) is 5.26 Å². The van der Waals surface area contributed by atoms with Gasteiger partial charge in [-0.15, -0.1) is 0 Å². The Morgan fingerprint density at radius 2 is 2.00 bits per heavy atom. The molecule has 0 heterocycles. The minimum Gasteiger partial charge on any atom is -0.493 e. The third-order valence-corrected chi connectivity index (χ3v) is 2.88. The van der Waals surface area contributed by atoms with Gasteiger partial charge in [0.1, 0.15) is 6.61 Å². The maximum atomic E-state index is 10.8. The quantitative estimate of drug-likeness (QED) is 0.622. The van der Waals surface area contributed by atoms with E-state index in [1.807, 2.05) is 0 Å². The molecule has 0 fully saturated rings. The summed E-state index contributed by atoms with van der Waals surface area (Å²) < 4.78 is 10.7. The van der Waals surface area contributed by atoms with Gasteiger partial charge in [-0.05, 0) is 12.1 Å². The number of methoxy groups -OCH3 is 1. The van der Waals surface area contributed by atoms with Gasteiger partial charge in [0.25, 0.3) is 5.69 Å². The van der Waals surface area contributed by atoms with Crippen LogP contribution in [0, 0.1) is 21.4 Å². The molecule has 6 nitrogen and oxygen atoms in total. The number of nitro groups is 1. The first-order valence-corrected chi connectivity index (χ1v) is 6.09. The van der Waals surface area contributed by atoms with Crippen molar-refractivity contribution in [2.75, 3.05) is 7.11 Å². The zero-order valence-corrected chi connectivity index (χ0v) is 11.3. The Labute approximate surface area is 121 Å². The first kappa shape index (κ1) is 14.3. The van der Waals surface area contributed by atoms with E-state index in [4.69, 9.17) is 14.7 Å². The summed E-state index contributed by atoms with van der Waals surface area (Å²) >= 11 is 0. The molecule has 21 heavy (non-hydrogen) atoms. The molecule has 0 atom stereocenters. The van der Waals surface area contributed by atoms with Crippen LogP contribution < -0.4 is 9.47 Å². The van der Waals surface area contributed by atoms with Gasteiger partial charge in [-0.25, -0.2) is 0 Å². The van der Waals surface area contributed by atoms with E-state index in [1.54, 1.807) is 24.3 Å². The first-order chi connectivity index (χ1) is 10.2. The molecule has 2 rings (SSSR count). The van der Waals surface area contributed by atoms with Crippen LogP contribution in [0.2, 0.25) is 0 Å². The lowest BCUT2D eigenvalue weighted by atomic mass is 10.1. The van der Waals surface area contributed by atoms with Crippen LogP contribution in [0.3, 0.4) is 0 Å². The maximum Gasteiger partial charge on any atom is 0.273 e. The van der Waals surface area contributed by atoms with Crippen molar-refractivity contribution < 1.29 is 14.4 Å². The van der Waals surface area contributed by atoms with E-state index in [9.17, 15) is 10.1 Å². The lowest BCUT2D eigenvalue weighted by Gasteiger charge is -2.11. The van der Waals surface area contributed by atoms with Crippen LogP contribution in [0.4, 0.5) is 5.69 Å². The van der Waals surface area contributed by atoms with Gasteiger partial charge in [0.15, 0.2) is 11.5 Å². The summed E-state index contributed by atoms with van der Waals surface area (Å²) in [6, 6.07) is 13.2. The van der Waals surface area contributed by atoms with Crippen LogP contribution in [0.25, 0.3) is 0 Å². The summed E-state index contributed by atoms with van der Waals surface area (Å²) in [5.41, 5.74) is 1.12. The predicted molar refractivity (Wildman–Crippen MR) is 75.1 cm³/mol. The largest absolute Gasteiger partial charge is 0.493 e. The minimum absolute atomic E-state index is 0.0839. The average Bonchev–Trinajstić information content (AvgIpc) is 2.52. The number of non-ortho nitro benzene ring substituents is 1. The Morgan fingerprint density at radius 1 is 1.24 bits per heavy atom. The number of nitro benzene ring substituents is 1. The number of rotatable bonds is 5. The van der Waals surface area contributed by atoms with Gasteiger partial charge in [0.2, 0.25) is 0 Å². The van der Waals surface area contributed by atoms with Gasteiger partial charge in [-0.3, -0.25) is 10.1 Å². The third-order valence-electron chi connectivity index (χ3n) is 2.88. The molecule has 0 amide bonds. The Hall–Kier alpha value is -3.07. The molecule has 0 saturated carbocycles. The molecule has 0 spiro atoms. The smallest absolute Gasteiger partial charge is 0.273 e. The number of nitrogens with zero attached hydrogens (tertiary/aromatic N) is 2. The van der Waals surface area contributed by atoms with Crippen molar-refractivity contribution >= 4 is 5.69 Å². The van der Waals surface area contributed by atoms with Crippen molar-refractivity contribution in [3.05, 3.63) is 63.7 Å². The van der Waals surface area contributed by atoms with E-state index in [-0.39, 0.29) is 18.0 Å². The molecule has 2 aromatic carbocycles. The third kappa shape index (κ3) is 3.28. The van der Waals surface area contributed by atoms with E-state index >= 15 is 0 Å². The average molecular weight is 284 g/mol. The Morgan fingerprint density at radius 3 is 2.67 bits per heavy atom. The van der Waals surface area contributed by atoms with Crippen molar-refractivity contribution in [1.29, 1.82) is 5.26 Å². The normalized spacial score (nSPS) is 9.71. The molecule has 0 N–H and O–H groups in total. The van der Waals surface area contributed by atoms with Crippen LogP contribution >= 0.6 is 0 Å². The topological polar surface area (TPSA) is 85.4 Å². The fourth-order valence-corrected chi connectivity index (χ4v) is 1.80. The molecule has 0 bridgehead atoms.